The van der Waals surface area contributed by atoms with Gasteiger partial charge in [0.15, 0.2) is 0 Å². The first-order chi connectivity index (χ1) is 13.6. The van der Waals surface area contributed by atoms with Gasteiger partial charge in [0.2, 0.25) is 15.9 Å². The van der Waals surface area contributed by atoms with Crippen LogP contribution in [0.4, 0.5) is 5.69 Å². The summed E-state index contributed by atoms with van der Waals surface area (Å²) in [4.78, 5) is 12.8. The quantitative estimate of drug-likeness (QED) is 0.634. The monoisotopic (exact) mass is 418 g/mol. The highest BCUT2D eigenvalue weighted by Crippen LogP contribution is 2.25. The number of carbonyl (C=O) groups excluding carboxylic acids is 1. The molecule has 0 aliphatic carbocycles. The Morgan fingerprint density at radius 1 is 1.07 bits per heavy atom. The highest BCUT2D eigenvalue weighted by atomic mass is 32.2. The minimum absolute atomic E-state index is 0.285. The lowest BCUT2D eigenvalue weighted by Gasteiger charge is -2.30. The second-order valence-electron chi connectivity index (χ2n) is 7.20. The molecule has 7 heteroatoms. The zero-order chi connectivity index (χ0) is 21.6. The van der Waals surface area contributed by atoms with Gasteiger partial charge in [-0.25, -0.2) is 8.42 Å². The highest BCUT2D eigenvalue weighted by molar-refractivity contribution is 7.92. The molecule has 0 spiro atoms. The van der Waals surface area contributed by atoms with Crippen molar-refractivity contribution in [3.8, 4) is 5.75 Å². The van der Waals surface area contributed by atoms with Crippen molar-refractivity contribution in [1.29, 1.82) is 0 Å². The molecule has 29 heavy (non-hydrogen) atoms. The molecule has 0 saturated carbocycles. The van der Waals surface area contributed by atoms with Gasteiger partial charge in [-0.05, 0) is 62.6 Å². The third-order valence-corrected chi connectivity index (χ3v) is 5.95. The lowest BCUT2D eigenvalue weighted by Crippen LogP contribution is -2.50. The molecule has 158 valence electrons. The van der Waals surface area contributed by atoms with E-state index in [9.17, 15) is 13.2 Å². The fourth-order valence-electron chi connectivity index (χ4n) is 3.02. The van der Waals surface area contributed by atoms with Crippen molar-refractivity contribution in [1.82, 2.24) is 5.32 Å². The lowest BCUT2D eigenvalue weighted by atomic mass is 10.1. The fraction of sp³-hybridized carbons (Fsp3) is 0.409. The smallest absolute Gasteiger partial charge is 0.244 e. The van der Waals surface area contributed by atoms with E-state index in [1.807, 2.05) is 51.1 Å². The minimum Gasteiger partial charge on any atom is -0.492 e. The van der Waals surface area contributed by atoms with Gasteiger partial charge in [0, 0.05) is 0 Å². The van der Waals surface area contributed by atoms with Gasteiger partial charge in [0.05, 0.1) is 18.5 Å². The topological polar surface area (TPSA) is 75.7 Å². The Bertz CT molecular complexity index is 940. The van der Waals surface area contributed by atoms with Gasteiger partial charge in [-0.1, -0.05) is 30.7 Å². The summed E-state index contributed by atoms with van der Waals surface area (Å²) in [5.41, 5.74) is 3.67. The van der Waals surface area contributed by atoms with Gasteiger partial charge in [0.25, 0.3) is 0 Å². The molecule has 0 unspecified atom stereocenters. The molecule has 0 radical (unpaired) electrons. The first-order valence-corrected chi connectivity index (χ1v) is 11.5. The Morgan fingerprint density at radius 3 is 2.28 bits per heavy atom. The Kier molecular flexibility index (Phi) is 7.67. The molecule has 2 aromatic rings. The maximum atomic E-state index is 12.8. The number of hydrogen-bond donors (Lipinski definition) is 1. The Morgan fingerprint density at radius 2 is 1.72 bits per heavy atom. The van der Waals surface area contributed by atoms with Crippen LogP contribution >= 0.6 is 0 Å². The summed E-state index contributed by atoms with van der Waals surface area (Å²) in [6, 6.07) is 12.2. The van der Waals surface area contributed by atoms with Crippen LogP contribution in [-0.2, 0) is 14.8 Å². The van der Waals surface area contributed by atoms with Gasteiger partial charge >= 0.3 is 0 Å². The fourth-order valence-corrected chi connectivity index (χ4v) is 4.22. The van der Waals surface area contributed by atoms with E-state index < -0.39 is 16.1 Å². The number of ether oxygens (including phenoxy) is 1. The maximum absolute atomic E-state index is 12.8. The molecule has 0 aromatic heterocycles. The number of aryl methyl sites for hydroxylation is 3. The molecule has 0 fully saturated rings. The number of sulfonamides is 1. The second-order valence-corrected chi connectivity index (χ2v) is 9.06. The predicted molar refractivity (Wildman–Crippen MR) is 117 cm³/mol. The van der Waals surface area contributed by atoms with Crippen molar-refractivity contribution in [2.45, 2.75) is 40.2 Å². The summed E-state index contributed by atoms with van der Waals surface area (Å²) in [5, 5.41) is 2.79. The number of amides is 1. The molecule has 1 amide bonds. The molecule has 1 atom stereocenters. The predicted octanol–water partition coefficient (Wildman–Crippen LogP) is 3.35. The van der Waals surface area contributed by atoms with Gasteiger partial charge in [-0.15, -0.1) is 0 Å². The molecule has 0 aliphatic rings. The van der Waals surface area contributed by atoms with Crippen LogP contribution in [0.15, 0.2) is 42.5 Å². The average Bonchev–Trinajstić information content (AvgIpc) is 2.66. The summed E-state index contributed by atoms with van der Waals surface area (Å²) in [6.45, 7) is 8.26. The maximum Gasteiger partial charge on any atom is 0.244 e. The number of carbonyl (C=O) groups is 1. The molecule has 0 heterocycles. The summed E-state index contributed by atoms with van der Waals surface area (Å²) in [5.74, 6) is 0.383. The molecule has 0 saturated heterocycles. The van der Waals surface area contributed by atoms with Gasteiger partial charge in [0.1, 0.15) is 18.4 Å². The normalized spacial score (nSPS) is 12.3. The van der Waals surface area contributed by atoms with E-state index in [4.69, 9.17) is 4.74 Å². The molecule has 2 rings (SSSR count). The number of nitrogens with one attached hydrogen (secondary N) is 1. The average molecular weight is 419 g/mol. The Balaban J connectivity index is 2.07. The molecule has 0 aliphatic heterocycles. The highest BCUT2D eigenvalue weighted by Gasteiger charge is 2.31. The van der Waals surface area contributed by atoms with Crippen LogP contribution in [0.25, 0.3) is 0 Å². The lowest BCUT2D eigenvalue weighted by molar-refractivity contribution is -0.122. The van der Waals surface area contributed by atoms with E-state index in [0.717, 1.165) is 28.7 Å². The van der Waals surface area contributed by atoms with E-state index in [1.54, 1.807) is 19.1 Å². The van der Waals surface area contributed by atoms with Crippen molar-refractivity contribution < 1.29 is 17.9 Å². The third-order valence-electron chi connectivity index (χ3n) is 4.77. The number of nitrogens with zero attached hydrogens (tertiary/aromatic N) is 1. The van der Waals surface area contributed by atoms with Gasteiger partial charge < -0.3 is 10.1 Å². The van der Waals surface area contributed by atoms with Crippen LogP contribution in [0.2, 0.25) is 0 Å². The Hall–Kier alpha value is -2.54. The molecular formula is C22H30N2O4S. The van der Waals surface area contributed by atoms with E-state index in [1.165, 1.54) is 4.31 Å². The van der Waals surface area contributed by atoms with Crippen molar-refractivity contribution in [2.24, 2.45) is 0 Å². The van der Waals surface area contributed by atoms with Crippen LogP contribution in [-0.4, -0.2) is 39.8 Å². The summed E-state index contributed by atoms with van der Waals surface area (Å²) >= 11 is 0. The zero-order valence-electron chi connectivity index (χ0n) is 17.7. The van der Waals surface area contributed by atoms with E-state index >= 15 is 0 Å². The van der Waals surface area contributed by atoms with Gasteiger partial charge in [-0.2, -0.15) is 0 Å². The SMILES string of the molecule is CC[C@@H](C(=O)NCCOc1ccc(C)cc1)N(c1ccc(C)c(C)c1)S(C)(=O)=O. The number of rotatable bonds is 9. The van der Waals surface area contributed by atoms with Crippen molar-refractivity contribution in [3.05, 3.63) is 59.2 Å². The number of hydrogen-bond acceptors (Lipinski definition) is 4. The largest absolute Gasteiger partial charge is 0.492 e. The summed E-state index contributed by atoms with van der Waals surface area (Å²) in [6.07, 6.45) is 1.48. The van der Waals surface area contributed by atoms with Crippen molar-refractivity contribution in [3.63, 3.8) is 0 Å². The first-order valence-electron chi connectivity index (χ1n) is 9.67. The molecular weight excluding hydrogens is 388 g/mol. The van der Waals surface area contributed by atoms with Gasteiger partial charge in [-0.3, -0.25) is 9.10 Å². The standard InChI is InChI=1S/C22H30N2O4S/c1-6-21(22(25)23-13-14-28-20-11-7-16(2)8-12-20)24(29(5,26)27)19-10-9-17(3)18(4)15-19/h7-12,15,21H,6,13-14H2,1-5H3,(H,23,25)/t21-/m0/s1. The molecule has 1 N–H and O–H groups in total. The molecule has 2 aromatic carbocycles. The number of benzene rings is 2. The summed E-state index contributed by atoms with van der Waals surface area (Å²) in [7, 11) is -3.64. The van der Waals surface area contributed by atoms with Crippen LogP contribution in [0.3, 0.4) is 0 Å². The van der Waals surface area contributed by atoms with E-state index in [0.29, 0.717) is 18.7 Å². The minimum atomic E-state index is -3.64. The molecule has 0 bridgehead atoms. The Labute approximate surface area is 173 Å². The number of anilines is 1. The zero-order valence-corrected chi connectivity index (χ0v) is 18.5. The second kappa shape index (κ2) is 9.78. The van der Waals surface area contributed by atoms with Crippen LogP contribution < -0.4 is 14.4 Å². The van der Waals surface area contributed by atoms with Crippen LogP contribution in [0.5, 0.6) is 5.75 Å². The van der Waals surface area contributed by atoms with E-state index in [2.05, 4.69) is 5.32 Å². The van der Waals surface area contributed by atoms with E-state index in [-0.39, 0.29) is 12.5 Å². The van der Waals surface area contributed by atoms with Crippen molar-refractivity contribution in [2.75, 3.05) is 23.7 Å². The first kappa shape index (κ1) is 22.7. The summed E-state index contributed by atoms with van der Waals surface area (Å²) < 4.78 is 31.8. The van der Waals surface area contributed by atoms with Crippen LogP contribution in [0, 0.1) is 20.8 Å². The van der Waals surface area contributed by atoms with Crippen LogP contribution in [0.1, 0.15) is 30.0 Å². The van der Waals surface area contributed by atoms with Crippen molar-refractivity contribution >= 4 is 21.6 Å². The third kappa shape index (κ3) is 6.22. The molecule has 6 nitrogen and oxygen atoms in total.